The van der Waals surface area contributed by atoms with Gasteiger partial charge in [0.05, 0.1) is 24.2 Å². The summed E-state index contributed by atoms with van der Waals surface area (Å²) in [6.45, 7) is 0.267. The largest absolute Gasteiger partial charge is 0.496 e. The smallest absolute Gasteiger partial charge is 0.114 e. The van der Waals surface area contributed by atoms with Crippen LogP contribution in [-0.2, 0) is 11.3 Å². The molecule has 3 heteroatoms. The van der Waals surface area contributed by atoms with Crippen molar-refractivity contribution < 1.29 is 7.48 Å². The van der Waals surface area contributed by atoms with Crippen LogP contribution in [0.4, 0.5) is 0 Å². The molecule has 100 valence electrons. The zero-order valence-electron chi connectivity index (χ0n) is 13.1. The fourth-order valence-electron chi connectivity index (χ4n) is 2.90. The van der Waals surface area contributed by atoms with E-state index >= 15 is 0 Å². The number of para-hydroxylation sites is 1. The van der Waals surface area contributed by atoms with Crippen molar-refractivity contribution in [2.24, 2.45) is 0 Å². The molecule has 1 aromatic carbocycles. The Balaban J connectivity index is 1.94. The van der Waals surface area contributed by atoms with Gasteiger partial charge in [-0.15, -0.1) is 0 Å². The first-order valence-electron chi connectivity index (χ1n) is 7.85. The van der Waals surface area contributed by atoms with E-state index in [2.05, 4.69) is 6.07 Å². The highest BCUT2D eigenvalue weighted by Gasteiger charge is 2.11. The Morgan fingerprint density at radius 2 is 2.14 bits per heavy atom. The normalized spacial score (nSPS) is 15.5. The summed E-state index contributed by atoms with van der Waals surface area (Å²) in [6, 6.07) is 12.1. The maximum absolute atomic E-state index is 8.46. The van der Waals surface area contributed by atoms with Gasteiger partial charge in [0.1, 0.15) is 7.98 Å². The monoisotopic (exact) mass is 274 g/mol. The summed E-state index contributed by atoms with van der Waals surface area (Å²) in [5.74, 6) is 0. The molecule has 0 saturated heterocycles. The molecule has 0 unspecified atom stereocenters. The maximum Gasteiger partial charge on any atom is 0.114 e. The van der Waals surface area contributed by atoms with E-state index in [4.69, 9.17) is 12.5 Å². The van der Waals surface area contributed by atoms with Gasteiger partial charge in [0.15, 0.2) is 0 Å². The summed E-state index contributed by atoms with van der Waals surface area (Å²) < 4.78 is 23.2. The minimum Gasteiger partial charge on any atom is -0.496 e. The Morgan fingerprint density at radius 1 is 1.19 bits per heavy atom. The van der Waals surface area contributed by atoms with Gasteiger partial charge >= 0.3 is 0 Å². The minimum absolute atomic E-state index is 0.135. The highest BCUT2D eigenvalue weighted by atomic mass is 16.5. The zero-order valence-corrected chi connectivity index (χ0v) is 11.1. The van der Waals surface area contributed by atoms with Crippen LogP contribution in [-0.4, -0.2) is 9.38 Å². The number of hydrogen-bond donors (Lipinski definition) is 0. The van der Waals surface area contributed by atoms with Crippen molar-refractivity contribution in [1.82, 2.24) is 9.38 Å². The third-order valence-electron chi connectivity index (χ3n) is 3.93. The molecule has 1 aliphatic heterocycles. The lowest BCUT2D eigenvalue weighted by Gasteiger charge is -2.12. The van der Waals surface area contributed by atoms with E-state index in [1.54, 1.807) is 6.08 Å². The van der Waals surface area contributed by atoms with E-state index in [1.165, 1.54) is 0 Å². The fourth-order valence-corrected chi connectivity index (χ4v) is 2.90. The molecular formula is C18H12N2O. The number of rotatable bonds is 0. The summed E-state index contributed by atoms with van der Waals surface area (Å²) in [6.07, 6.45) is 4.14. The van der Waals surface area contributed by atoms with Gasteiger partial charge in [0, 0.05) is 28.7 Å². The van der Waals surface area contributed by atoms with Crippen LogP contribution < -0.4 is 0 Å². The number of pyridine rings is 2. The van der Waals surface area contributed by atoms with Crippen molar-refractivity contribution in [3.05, 3.63) is 66.1 Å². The van der Waals surface area contributed by atoms with Gasteiger partial charge in [0.2, 0.25) is 0 Å². The Kier molecular flexibility index (Phi) is 1.69. The van der Waals surface area contributed by atoms with Gasteiger partial charge < -0.3 is 9.14 Å². The lowest BCUT2D eigenvalue weighted by molar-refractivity contribution is 0.234. The van der Waals surface area contributed by atoms with E-state index in [0.29, 0.717) is 6.17 Å². The first-order valence-corrected chi connectivity index (χ1v) is 6.85. The van der Waals surface area contributed by atoms with Gasteiger partial charge in [0.25, 0.3) is 0 Å². The van der Waals surface area contributed by atoms with Crippen molar-refractivity contribution in [3.63, 3.8) is 0 Å². The van der Waals surface area contributed by atoms with E-state index < -0.39 is 0 Å². The third-order valence-corrected chi connectivity index (χ3v) is 3.93. The van der Waals surface area contributed by atoms with Crippen molar-refractivity contribution in [1.29, 1.82) is 0 Å². The molecule has 0 radical (unpaired) electrons. The van der Waals surface area contributed by atoms with E-state index in [1.807, 2.05) is 40.9 Å². The average Bonchev–Trinajstić information content (AvgIpc) is 2.91. The van der Waals surface area contributed by atoms with Crippen LogP contribution in [0.15, 0.2) is 55.0 Å². The molecule has 0 saturated carbocycles. The van der Waals surface area contributed by atoms with Crippen LogP contribution in [0.25, 0.3) is 33.4 Å². The van der Waals surface area contributed by atoms with Crippen LogP contribution >= 0.6 is 0 Å². The molecule has 0 atom stereocenters. The second-order valence-corrected chi connectivity index (χ2v) is 5.24. The van der Waals surface area contributed by atoms with Crippen molar-refractivity contribution >= 4 is 33.4 Å². The molecule has 0 spiro atoms. The molecule has 0 fully saturated rings. The summed E-state index contributed by atoms with van der Waals surface area (Å²) in [5.41, 5.74) is 4.39. The first-order chi connectivity index (χ1) is 11.2. The average molecular weight is 274 g/mol. The number of hydrogen-bond acceptors (Lipinski definition) is 2. The van der Waals surface area contributed by atoms with Crippen molar-refractivity contribution in [2.75, 3.05) is 0 Å². The standard InChI is InChI=1S/C18H12N2O/c1-2-4-16-13(3-1)7-14-9-20-10-15-11-21-6-5-12(15)8-17(20)18(14)19-16/h1-10H,11H2/i6D,10D. The van der Waals surface area contributed by atoms with Gasteiger partial charge in [-0.1, -0.05) is 18.2 Å². The van der Waals surface area contributed by atoms with Crippen molar-refractivity contribution in [3.8, 4) is 0 Å². The topological polar surface area (TPSA) is 26.5 Å². The summed E-state index contributed by atoms with van der Waals surface area (Å²) in [7, 11) is 0. The van der Waals surface area contributed by atoms with E-state index in [9.17, 15) is 0 Å². The summed E-state index contributed by atoms with van der Waals surface area (Å²) >= 11 is 0. The molecule has 21 heavy (non-hydrogen) atoms. The molecule has 0 N–H and O–H groups in total. The number of ether oxygens (including phenoxy) is 1. The van der Waals surface area contributed by atoms with Gasteiger partial charge in [-0.2, -0.15) is 0 Å². The zero-order chi connectivity index (χ0) is 15.6. The van der Waals surface area contributed by atoms with Crippen LogP contribution in [0.1, 0.15) is 13.9 Å². The third kappa shape index (κ3) is 1.51. The highest BCUT2D eigenvalue weighted by Crippen LogP contribution is 2.28. The van der Waals surface area contributed by atoms with Crippen LogP contribution in [0.2, 0.25) is 0 Å². The molecule has 0 bridgehead atoms. The van der Waals surface area contributed by atoms with E-state index in [-0.39, 0.29) is 12.8 Å². The number of benzene rings is 1. The maximum atomic E-state index is 8.46. The Bertz CT molecular complexity index is 1140. The second kappa shape index (κ2) is 3.85. The summed E-state index contributed by atoms with van der Waals surface area (Å²) in [5, 5.41) is 2.10. The Morgan fingerprint density at radius 3 is 3.14 bits per heavy atom. The molecular weight excluding hydrogens is 260 g/mol. The molecule has 4 heterocycles. The van der Waals surface area contributed by atoms with Crippen molar-refractivity contribution in [2.45, 2.75) is 6.61 Å². The second-order valence-electron chi connectivity index (χ2n) is 5.24. The predicted molar refractivity (Wildman–Crippen MR) is 84.0 cm³/mol. The number of nitrogens with zero attached hydrogens (tertiary/aromatic N) is 2. The first kappa shape index (κ1) is 9.19. The van der Waals surface area contributed by atoms with Gasteiger partial charge in [-0.25, -0.2) is 4.98 Å². The molecule has 3 nitrogen and oxygen atoms in total. The molecule has 5 rings (SSSR count). The molecule has 1 aliphatic rings. The Labute approximate surface area is 123 Å². The molecule has 3 aromatic heterocycles. The SMILES string of the molecule is [2H]C1=Cc2cc3c4nc5ccccc5cc4cn3c([2H])c2CO1. The highest BCUT2D eigenvalue weighted by molar-refractivity contribution is 6.01. The van der Waals surface area contributed by atoms with Gasteiger partial charge in [-0.05, 0) is 29.8 Å². The minimum atomic E-state index is 0.135. The molecule has 0 amide bonds. The fraction of sp³-hybridized carbons (Fsp3) is 0.0556. The molecule has 4 aromatic rings. The lowest BCUT2D eigenvalue weighted by Crippen LogP contribution is -1.98. The quantitative estimate of drug-likeness (QED) is 0.481. The van der Waals surface area contributed by atoms with Crippen LogP contribution in [0.3, 0.4) is 0 Å². The van der Waals surface area contributed by atoms with Crippen LogP contribution in [0, 0.1) is 0 Å². The van der Waals surface area contributed by atoms with E-state index in [0.717, 1.165) is 38.4 Å². The molecule has 0 aliphatic carbocycles. The predicted octanol–water partition coefficient (Wildman–Crippen LogP) is 4.14. The lowest BCUT2D eigenvalue weighted by atomic mass is 10.1. The Hall–Kier alpha value is -2.81. The summed E-state index contributed by atoms with van der Waals surface area (Å²) in [4.78, 5) is 4.77. The number of aromatic nitrogens is 2. The number of fused-ring (bicyclic) bond motifs is 5. The van der Waals surface area contributed by atoms with Gasteiger partial charge in [-0.3, -0.25) is 0 Å². The van der Waals surface area contributed by atoms with Crippen LogP contribution in [0.5, 0.6) is 0 Å².